The first kappa shape index (κ1) is 14.4. The molecular formula is C13H8Br2ClNO2. The lowest BCUT2D eigenvalue weighted by molar-refractivity contribution is 0.102. The number of anilines is 1. The van der Waals surface area contributed by atoms with Crippen LogP contribution in [0.3, 0.4) is 0 Å². The summed E-state index contributed by atoms with van der Waals surface area (Å²) in [5.74, 6) is -0.0282. The Morgan fingerprint density at radius 3 is 2.42 bits per heavy atom. The summed E-state index contributed by atoms with van der Waals surface area (Å²) in [7, 11) is 0. The van der Waals surface area contributed by atoms with Gasteiger partial charge in [0.25, 0.3) is 5.91 Å². The van der Waals surface area contributed by atoms with Crippen LogP contribution in [0.4, 0.5) is 5.69 Å². The molecule has 98 valence electrons. The molecule has 3 nitrogen and oxygen atoms in total. The van der Waals surface area contributed by atoms with Crippen LogP contribution < -0.4 is 9.61 Å². The zero-order valence-corrected chi connectivity index (χ0v) is 13.4. The van der Waals surface area contributed by atoms with Crippen molar-refractivity contribution < 1.29 is 9.08 Å². The number of carbonyl (C=O) groups excluding carboxylic acids is 1. The molecular weight excluding hydrogens is 397 g/mol. The Morgan fingerprint density at radius 1 is 1.11 bits per heavy atom. The van der Waals surface area contributed by atoms with Crippen molar-refractivity contribution in [2.75, 3.05) is 5.32 Å². The molecule has 1 amide bonds. The molecule has 0 fully saturated rings. The van der Waals surface area contributed by atoms with Crippen molar-refractivity contribution >= 4 is 55.3 Å². The van der Waals surface area contributed by atoms with Gasteiger partial charge in [0.05, 0.1) is 10.0 Å². The van der Waals surface area contributed by atoms with Gasteiger partial charge >= 0.3 is 0 Å². The van der Waals surface area contributed by atoms with Gasteiger partial charge in [-0.25, -0.2) is 0 Å². The number of para-hydroxylation sites is 1. The van der Waals surface area contributed by atoms with E-state index in [1.54, 1.807) is 24.3 Å². The average molecular weight is 405 g/mol. The first-order valence-corrected chi connectivity index (χ1v) is 7.16. The Bertz CT molecular complexity index is 605. The predicted octanol–water partition coefficient (Wildman–Crippen LogP) is 5.00. The summed E-state index contributed by atoms with van der Waals surface area (Å²) in [5.41, 5.74) is 1.04. The average Bonchev–Trinajstić information content (AvgIpc) is 2.42. The normalized spacial score (nSPS) is 10.1. The zero-order valence-electron chi connectivity index (χ0n) is 9.49. The van der Waals surface area contributed by atoms with Crippen LogP contribution in [0.25, 0.3) is 0 Å². The molecule has 0 aromatic heterocycles. The third-order valence-electron chi connectivity index (χ3n) is 2.40. The largest absolute Gasteiger partial charge is 0.383 e. The molecule has 0 heterocycles. The second kappa shape index (κ2) is 6.41. The van der Waals surface area contributed by atoms with Crippen LogP contribution in [0, 0.1) is 0 Å². The van der Waals surface area contributed by atoms with E-state index >= 15 is 0 Å². The standard InChI is InChI=1S/C13H8Br2ClNO2/c14-10-7-6-9(12(19-16)11(10)15)13(18)17-8-4-2-1-3-5-8/h1-7H,(H,17,18). The van der Waals surface area contributed by atoms with E-state index in [2.05, 4.69) is 37.2 Å². The molecule has 2 aromatic rings. The van der Waals surface area contributed by atoms with Gasteiger partial charge in [0.2, 0.25) is 0 Å². The lowest BCUT2D eigenvalue weighted by Gasteiger charge is -2.10. The van der Waals surface area contributed by atoms with Crippen LogP contribution in [0.2, 0.25) is 0 Å². The second-order valence-corrected chi connectivity index (χ2v) is 5.44. The number of halogens is 3. The lowest BCUT2D eigenvalue weighted by Crippen LogP contribution is -2.12. The molecule has 2 aromatic carbocycles. The van der Waals surface area contributed by atoms with Gasteiger partial charge in [-0.1, -0.05) is 18.2 Å². The Hall–Kier alpha value is -1.04. The summed E-state index contributed by atoms with van der Waals surface area (Å²) < 4.78 is 6.09. The summed E-state index contributed by atoms with van der Waals surface area (Å²) in [6.45, 7) is 0. The fourth-order valence-corrected chi connectivity index (χ4v) is 2.50. The van der Waals surface area contributed by atoms with Crippen molar-refractivity contribution in [2.24, 2.45) is 0 Å². The molecule has 0 saturated carbocycles. The minimum absolute atomic E-state index is 0.268. The highest BCUT2D eigenvalue weighted by atomic mass is 79.9. The number of benzene rings is 2. The Balaban J connectivity index is 2.32. The fourth-order valence-electron chi connectivity index (χ4n) is 1.51. The minimum atomic E-state index is -0.296. The number of amides is 1. The third kappa shape index (κ3) is 3.29. The number of carbonyl (C=O) groups is 1. The van der Waals surface area contributed by atoms with E-state index in [1.165, 1.54) is 0 Å². The highest BCUT2D eigenvalue weighted by Crippen LogP contribution is 2.36. The molecule has 0 unspecified atom stereocenters. The molecule has 0 saturated heterocycles. The van der Waals surface area contributed by atoms with Crippen molar-refractivity contribution in [1.29, 1.82) is 0 Å². The first-order valence-electron chi connectivity index (χ1n) is 5.26. The Labute approximate surface area is 132 Å². The molecule has 1 N–H and O–H groups in total. The summed E-state index contributed by atoms with van der Waals surface area (Å²) in [5, 5.41) is 2.77. The monoisotopic (exact) mass is 403 g/mol. The summed E-state index contributed by atoms with van der Waals surface area (Å²) >= 11 is 12.1. The maximum absolute atomic E-state index is 12.2. The maximum atomic E-state index is 12.2. The van der Waals surface area contributed by atoms with E-state index in [-0.39, 0.29) is 11.7 Å². The second-order valence-electron chi connectivity index (χ2n) is 3.64. The van der Waals surface area contributed by atoms with Crippen LogP contribution in [-0.4, -0.2) is 5.91 Å². The molecule has 19 heavy (non-hydrogen) atoms. The molecule has 0 radical (unpaired) electrons. The Kier molecular flexibility index (Phi) is 4.85. The summed E-state index contributed by atoms with van der Waals surface area (Å²) in [6, 6.07) is 12.5. The quantitative estimate of drug-likeness (QED) is 0.781. The molecule has 0 bridgehead atoms. The van der Waals surface area contributed by atoms with Crippen molar-refractivity contribution in [3.05, 3.63) is 57.0 Å². The first-order chi connectivity index (χ1) is 9.13. The van der Waals surface area contributed by atoms with E-state index in [0.29, 0.717) is 15.7 Å². The minimum Gasteiger partial charge on any atom is -0.383 e. The van der Waals surface area contributed by atoms with Gasteiger partial charge in [0.1, 0.15) is 11.9 Å². The van der Waals surface area contributed by atoms with Gasteiger partial charge < -0.3 is 9.61 Å². The van der Waals surface area contributed by atoms with Gasteiger partial charge in [-0.15, -0.1) is 0 Å². The number of nitrogens with one attached hydrogen (secondary N) is 1. The van der Waals surface area contributed by atoms with Crippen LogP contribution in [0.5, 0.6) is 5.75 Å². The fraction of sp³-hybridized carbons (Fsp3) is 0. The predicted molar refractivity (Wildman–Crippen MR) is 82.7 cm³/mol. The number of hydrogen-bond donors (Lipinski definition) is 1. The molecule has 0 aliphatic heterocycles. The Morgan fingerprint density at radius 2 is 1.79 bits per heavy atom. The van der Waals surface area contributed by atoms with Crippen molar-refractivity contribution in [2.45, 2.75) is 0 Å². The topological polar surface area (TPSA) is 38.3 Å². The molecule has 6 heteroatoms. The zero-order chi connectivity index (χ0) is 13.8. The third-order valence-corrected chi connectivity index (χ3v) is 4.54. The SMILES string of the molecule is O=C(Nc1ccccc1)c1ccc(Br)c(Br)c1OCl. The van der Waals surface area contributed by atoms with Crippen LogP contribution in [-0.2, 0) is 0 Å². The summed E-state index contributed by atoms with van der Waals surface area (Å²) in [4.78, 5) is 12.2. The van der Waals surface area contributed by atoms with Crippen LogP contribution >= 0.6 is 43.7 Å². The molecule has 0 aliphatic carbocycles. The van der Waals surface area contributed by atoms with Crippen LogP contribution in [0.1, 0.15) is 10.4 Å². The molecule has 2 rings (SSSR count). The highest BCUT2D eigenvalue weighted by Gasteiger charge is 2.18. The van der Waals surface area contributed by atoms with Gasteiger partial charge in [0.15, 0.2) is 5.75 Å². The summed E-state index contributed by atoms with van der Waals surface area (Å²) in [6.07, 6.45) is 0. The van der Waals surface area contributed by atoms with Crippen molar-refractivity contribution in [1.82, 2.24) is 0 Å². The lowest BCUT2D eigenvalue weighted by atomic mass is 10.2. The van der Waals surface area contributed by atoms with Crippen molar-refractivity contribution in [3.8, 4) is 5.75 Å². The van der Waals surface area contributed by atoms with Gasteiger partial charge in [-0.3, -0.25) is 4.79 Å². The number of rotatable bonds is 3. The highest BCUT2D eigenvalue weighted by molar-refractivity contribution is 9.13. The van der Waals surface area contributed by atoms with E-state index in [9.17, 15) is 4.79 Å². The smallest absolute Gasteiger partial charge is 0.259 e. The van der Waals surface area contributed by atoms with Crippen molar-refractivity contribution in [3.63, 3.8) is 0 Å². The van der Waals surface area contributed by atoms with Crippen LogP contribution in [0.15, 0.2) is 51.4 Å². The number of hydrogen-bond acceptors (Lipinski definition) is 2. The maximum Gasteiger partial charge on any atom is 0.259 e. The van der Waals surface area contributed by atoms with E-state index in [0.717, 1.165) is 4.47 Å². The van der Waals surface area contributed by atoms with E-state index < -0.39 is 0 Å². The molecule has 0 spiro atoms. The van der Waals surface area contributed by atoms with Gasteiger partial charge in [-0.2, -0.15) is 0 Å². The van der Waals surface area contributed by atoms with Gasteiger partial charge in [-0.05, 0) is 56.1 Å². The molecule has 0 atom stereocenters. The molecule has 0 aliphatic rings. The van der Waals surface area contributed by atoms with Gasteiger partial charge in [0, 0.05) is 10.2 Å². The van der Waals surface area contributed by atoms with E-state index in [4.69, 9.17) is 16.2 Å². The van der Waals surface area contributed by atoms with E-state index in [1.807, 2.05) is 18.2 Å².